The van der Waals surface area contributed by atoms with Crippen LogP contribution in [0.2, 0.25) is 0 Å². The van der Waals surface area contributed by atoms with Crippen LogP contribution in [0, 0.1) is 10.1 Å². The van der Waals surface area contributed by atoms with Gasteiger partial charge in [0, 0.05) is 6.07 Å². The van der Waals surface area contributed by atoms with Crippen molar-refractivity contribution in [2.45, 2.75) is 0 Å². The van der Waals surface area contributed by atoms with E-state index in [-0.39, 0.29) is 11.6 Å². The molecule has 0 radical (unpaired) electrons. The average Bonchev–Trinajstić information content (AvgIpc) is 2.66. The zero-order valence-electron chi connectivity index (χ0n) is 7.44. The largest absolute Gasteiger partial charge is 0.384 e. The molecule has 0 spiro atoms. The zero-order valence-corrected chi connectivity index (χ0v) is 7.44. The summed E-state index contributed by atoms with van der Waals surface area (Å²) in [7, 11) is 0. The van der Waals surface area contributed by atoms with Gasteiger partial charge in [0.15, 0.2) is 0 Å². The monoisotopic (exact) mass is 206 g/mol. The van der Waals surface area contributed by atoms with E-state index in [1.807, 2.05) is 0 Å². The van der Waals surface area contributed by atoms with Crippen molar-refractivity contribution in [2.24, 2.45) is 0 Å². The predicted molar refractivity (Wildman–Crippen MR) is 50.2 cm³/mol. The third-order valence-electron chi connectivity index (χ3n) is 1.69. The number of hydrogen-bond acceptors (Lipinski definition) is 6. The van der Waals surface area contributed by atoms with Crippen molar-refractivity contribution in [3.8, 4) is 5.82 Å². The number of rotatable bonds is 2. The number of imidazole rings is 1. The summed E-state index contributed by atoms with van der Waals surface area (Å²) < 4.78 is 1.40. The van der Waals surface area contributed by atoms with Gasteiger partial charge in [0.25, 0.3) is 0 Å². The minimum Gasteiger partial charge on any atom is -0.384 e. The summed E-state index contributed by atoms with van der Waals surface area (Å²) in [6.07, 6.45) is 3.82. The van der Waals surface area contributed by atoms with Crippen molar-refractivity contribution < 1.29 is 4.92 Å². The highest BCUT2D eigenvalue weighted by atomic mass is 16.6. The van der Waals surface area contributed by atoms with E-state index >= 15 is 0 Å². The molecule has 15 heavy (non-hydrogen) atoms. The van der Waals surface area contributed by atoms with Crippen LogP contribution in [-0.2, 0) is 0 Å². The number of nitrogens with two attached hydrogens (primary N) is 1. The summed E-state index contributed by atoms with van der Waals surface area (Å²) in [5.41, 5.74) is 5.44. The van der Waals surface area contributed by atoms with Gasteiger partial charge in [-0.25, -0.2) is 9.97 Å². The fraction of sp³-hybridized carbons (Fsp3) is 0. The zero-order chi connectivity index (χ0) is 10.8. The second-order valence-corrected chi connectivity index (χ2v) is 2.70. The highest BCUT2D eigenvalue weighted by Gasteiger charge is 2.11. The van der Waals surface area contributed by atoms with E-state index in [0.29, 0.717) is 5.82 Å². The highest BCUT2D eigenvalue weighted by molar-refractivity contribution is 5.36. The van der Waals surface area contributed by atoms with Gasteiger partial charge in [-0.15, -0.1) is 0 Å². The SMILES string of the molecule is Nc1cc(-n2cnc([N+](=O)[O-])c2)ncn1. The topological polar surface area (TPSA) is 113 Å². The van der Waals surface area contributed by atoms with Gasteiger partial charge in [-0.3, -0.25) is 4.57 Å². The normalized spacial score (nSPS) is 10.1. The Balaban J connectivity index is 2.41. The Hall–Kier alpha value is -2.51. The fourth-order valence-corrected chi connectivity index (χ4v) is 1.03. The van der Waals surface area contributed by atoms with Gasteiger partial charge in [0.2, 0.25) is 6.33 Å². The highest BCUT2D eigenvalue weighted by Crippen LogP contribution is 2.11. The summed E-state index contributed by atoms with van der Waals surface area (Å²) in [6.45, 7) is 0. The Kier molecular flexibility index (Phi) is 2.01. The molecule has 2 rings (SSSR count). The van der Waals surface area contributed by atoms with Crippen LogP contribution in [0.3, 0.4) is 0 Å². The first-order chi connectivity index (χ1) is 7.16. The van der Waals surface area contributed by atoms with Crippen LogP contribution >= 0.6 is 0 Å². The Morgan fingerprint density at radius 2 is 2.20 bits per heavy atom. The molecule has 0 aromatic carbocycles. The molecule has 2 aromatic heterocycles. The quantitative estimate of drug-likeness (QED) is 0.552. The van der Waals surface area contributed by atoms with Gasteiger partial charge in [-0.1, -0.05) is 0 Å². The standard InChI is InChI=1S/C7H6N6O2/c8-5-1-6(10-3-9-5)12-2-7(11-4-12)13(14)15/h1-4H,(H2,8,9,10). The van der Waals surface area contributed by atoms with Crippen LogP contribution in [0.15, 0.2) is 24.9 Å². The smallest absolute Gasteiger partial charge is 0.381 e. The van der Waals surface area contributed by atoms with Crippen LogP contribution in [0.4, 0.5) is 11.6 Å². The Labute approximate surface area is 83.6 Å². The molecule has 2 N–H and O–H groups in total. The summed E-state index contributed by atoms with van der Waals surface area (Å²) in [4.78, 5) is 21.0. The number of nitro groups is 1. The van der Waals surface area contributed by atoms with Crippen molar-refractivity contribution in [3.63, 3.8) is 0 Å². The van der Waals surface area contributed by atoms with Crippen LogP contribution < -0.4 is 5.73 Å². The molecule has 0 amide bonds. The second kappa shape index (κ2) is 3.33. The van der Waals surface area contributed by atoms with E-state index in [1.165, 1.54) is 29.5 Å². The lowest BCUT2D eigenvalue weighted by Gasteiger charge is -1.98. The lowest BCUT2D eigenvalue weighted by molar-refractivity contribution is -0.389. The molecule has 0 aliphatic heterocycles. The molecule has 8 heteroatoms. The van der Waals surface area contributed by atoms with E-state index in [1.54, 1.807) is 0 Å². The molecule has 0 fully saturated rings. The van der Waals surface area contributed by atoms with Gasteiger partial charge in [0.05, 0.1) is 0 Å². The number of hydrogen-bond donors (Lipinski definition) is 1. The van der Waals surface area contributed by atoms with E-state index in [0.717, 1.165) is 0 Å². The first-order valence-corrected chi connectivity index (χ1v) is 3.93. The maximum absolute atomic E-state index is 10.4. The second-order valence-electron chi connectivity index (χ2n) is 2.70. The first kappa shape index (κ1) is 9.06. The number of nitrogen functional groups attached to an aromatic ring is 1. The molecular weight excluding hydrogens is 200 g/mol. The molecule has 0 unspecified atom stereocenters. The van der Waals surface area contributed by atoms with Crippen molar-refractivity contribution in [1.29, 1.82) is 0 Å². The fourth-order valence-electron chi connectivity index (χ4n) is 1.03. The summed E-state index contributed by atoms with van der Waals surface area (Å²) in [6, 6.07) is 1.49. The van der Waals surface area contributed by atoms with Crippen molar-refractivity contribution in [3.05, 3.63) is 35.0 Å². The lowest BCUT2D eigenvalue weighted by Crippen LogP contribution is -1.98. The molecular formula is C7H6N6O2. The summed E-state index contributed by atoms with van der Waals surface area (Å²) >= 11 is 0. The molecule has 0 saturated heterocycles. The molecule has 0 atom stereocenters. The minimum absolute atomic E-state index is 0.243. The van der Waals surface area contributed by atoms with Gasteiger partial charge < -0.3 is 15.8 Å². The van der Waals surface area contributed by atoms with E-state index < -0.39 is 4.92 Å². The Morgan fingerprint density at radius 3 is 2.80 bits per heavy atom. The van der Waals surface area contributed by atoms with Crippen LogP contribution in [0.5, 0.6) is 0 Å². The first-order valence-electron chi connectivity index (χ1n) is 3.93. The van der Waals surface area contributed by atoms with Crippen LogP contribution in [0.25, 0.3) is 5.82 Å². The van der Waals surface area contributed by atoms with E-state index in [9.17, 15) is 10.1 Å². The van der Waals surface area contributed by atoms with E-state index in [2.05, 4.69) is 15.0 Å². The van der Waals surface area contributed by atoms with Crippen molar-refractivity contribution in [2.75, 3.05) is 5.73 Å². The molecule has 0 saturated carbocycles. The van der Waals surface area contributed by atoms with Crippen LogP contribution in [-0.4, -0.2) is 24.4 Å². The third-order valence-corrected chi connectivity index (χ3v) is 1.69. The van der Waals surface area contributed by atoms with Gasteiger partial charge >= 0.3 is 5.82 Å². The molecule has 8 nitrogen and oxygen atoms in total. The van der Waals surface area contributed by atoms with Crippen molar-refractivity contribution in [1.82, 2.24) is 19.5 Å². The number of nitrogens with zero attached hydrogens (tertiary/aromatic N) is 5. The lowest BCUT2D eigenvalue weighted by atomic mass is 10.5. The van der Waals surface area contributed by atoms with E-state index in [4.69, 9.17) is 5.73 Å². The average molecular weight is 206 g/mol. The minimum atomic E-state index is -0.582. The Bertz CT molecular complexity index is 508. The van der Waals surface area contributed by atoms with Crippen LogP contribution in [0.1, 0.15) is 0 Å². The Morgan fingerprint density at radius 1 is 1.40 bits per heavy atom. The predicted octanol–water partition coefficient (Wildman–Crippen LogP) is 0.153. The number of aromatic nitrogens is 4. The molecule has 0 aliphatic carbocycles. The van der Waals surface area contributed by atoms with Gasteiger partial charge in [-0.05, 0) is 9.91 Å². The molecule has 0 aliphatic rings. The summed E-state index contributed by atoms with van der Waals surface area (Å²) in [5.74, 6) is 0.478. The third kappa shape index (κ3) is 1.73. The maximum Gasteiger partial charge on any atom is 0.381 e. The van der Waals surface area contributed by atoms with Crippen molar-refractivity contribution >= 4 is 11.6 Å². The maximum atomic E-state index is 10.4. The molecule has 2 aromatic rings. The number of anilines is 1. The summed E-state index contributed by atoms with van der Waals surface area (Å²) in [5, 5.41) is 10.4. The van der Waals surface area contributed by atoms with Gasteiger partial charge in [-0.2, -0.15) is 0 Å². The molecule has 0 bridgehead atoms. The molecule has 2 heterocycles. The molecule has 76 valence electrons. The van der Waals surface area contributed by atoms with Gasteiger partial charge in [0.1, 0.15) is 24.2 Å².